The summed E-state index contributed by atoms with van der Waals surface area (Å²) >= 11 is 0. The smallest absolute Gasteiger partial charge is 0.278 e. The van der Waals surface area contributed by atoms with Gasteiger partial charge >= 0.3 is 0 Å². The van der Waals surface area contributed by atoms with Gasteiger partial charge in [-0.05, 0) is 34.7 Å². The SMILES string of the molecule is C[C@H](OC(C)(C)C)[C@H]1N(C)CC1(F)F. The first-order valence-electron chi connectivity index (χ1n) is 4.89. The van der Waals surface area contributed by atoms with Crippen molar-refractivity contribution in [3.8, 4) is 0 Å². The Balaban J connectivity index is 2.56. The molecule has 0 aromatic carbocycles. The third kappa shape index (κ3) is 2.42. The first kappa shape index (κ1) is 11.9. The van der Waals surface area contributed by atoms with E-state index in [9.17, 15) is 8.78 Å². The zero-order valence-corrected chi connectivity index (χ0v) is 9.47. The van der Waals surface area contributed by atoms with Gasteiger partial charge in [0, 0.05) is 0 Å². The van der Waals surface area contributed by atoms with E-state index in [2.05, 4.69) is 0 Å². The molecule has 4 heteroatoms. The van der Waals surface area contributed by atoms with E-state index in [0.717, 1.165) is 0 Å². The molecule has 0 unspecified atom stereocenters. The third-order valence-corrected chi connectivity index (χ3v) is 2.35. The molecule has 0 aromatic heterocycles. The average Bonchev–Trinajstić information content (AvgIpc) is 1.77. The summed E-state index contributed by atoms with van der Waals surface area (Å²) in [5, 5.41) is 0. The lowest BCUT2D eigenvalue weighted by molar-refractivity contribution is -0.225. The summed E-state index contributed by atoms with van der Waals surface area (Å²) in [6.07, 6.45) is -0.441. The summed E-state index contributed by atoms with van der Waals surface area (Å²) in [4.78, 5) is 1.64. The fraction of sp³-hybridized carbons (Fsp3) is 1.00. The summed E-state index contributed by atoms with van der Waals surface area (Å²) in [6.45, 7) is 7.18. The number of hydrogen-bond acceptors (Lipinski definition) is 2. The Hall–Kier alpha value is -0.220. The van der Waals surface area contributed by atoms with Crippen LogP contribution in [0.5, 0.6) is 0 Å². The first-order chi connectivity index (χ1) is 6.13. The van der Waals surface area contributed by atoms with E-state index in [1.54, 1.807) is 18.9 Å². The number of halogens is 2. The van der Waals surface area contributed by atoms with Gasteiger partial charge in [0.2, 0.25) is 0 Å². The highest BCUT2D eigenvalue weighted by molar-refractivity contribution is 5.00. The number of likely N-dealkylation sites (N-methyl/N-ethyl adjacent to an activating group) is 1. The van der Waals surface area contributed by atoms with Crippen molar-refractivity contribution in [2.45, 2.75) is 51.4 Å². The maximum Gasteiger partial charge on any atom is 0.278 e. The van der Waals surface area contributed by atoms with Gasteiger partial charge < -0.3 is 4.74 Å². The van der Waals surface area contributed by atoms with Crippen LogP contribution in [0.15, 0.2) is 0 Å². The lowest BCUT2D eigenvalue weighted by atomic mass is 9.94. The average molecular weight is 207 g/mol. The van der Waals surface area contributed by atoms with Crippen LogP contribution in [-0.2, 0) is 4.74 Å². The van der Waals surface area contributed by atoms with Crippen LogP contribution in [0.2, 0.25) is 0 Å². The predicted octanol–water partition coefficient (Wildman–Crippen LogP) is 2.14. The maximum atomic E-state index is 13.2. The fourth-order valence-electron chi connectivity index (χ4n) is 2.06. The van der Waals surface area contributed by atoms with E-state index in [0.29, 0.717) is 0 Å². The van der Waals surface area contributed by atoms with E-state index < -0.39 is 18.1 Å². The maximum absolute atomic E-state index is 13.2. The van der Waals surface area contributed by atoms with E-state index >= 15 is 0 Å². The second kappa shape index (κ2) is 3.42. The molecule has 1 heterocycles. The molecular formula is C10H19F2NO. The molecule has 0 aromatic rings. The minimum atomic E-state index is -2.60. The van der Waals surface area contributed by atoms with Gasteiger partial charge in [0.15, 0.2) is 0 Å². The molecule has 1 fully saturated rings. The fourth-order valence-corrected chi connectivity index (χ4v) is 2.06. The minimum Gasteiger partial charge on any atom is -0.371 e. The molecule has 2 atom stereocenters. The van der Waals surface area contributed by atoms with Gasteiger partial charge in [-0.15, -0.1) is 0 Å². The molecule has 14 heavy (non-hydrogen) atoms. The lowest BCUT2D eigenvalue weighted by Gasteiger charge is -2.49. The zero-order valence-electron chi connectivity index (χ0n) is 9.47. The Kier molecular flexibility index (Phi) is 2.89. The molecule has 84 valence electrons. The molecule has 1 aliphatic rings. The number of rotatable bonds is 2. The second-order valence-corrected chi connectivity index (χ2v) is 5.06. The van der Waals surface area contributed by atoms with E-state index in [4.69, 9.17) is 4.74 Å². The summed E-state index contributed by atoms with van der Waals surface area (Å²) in [5.41, 5.74) is -0.369. The third-order valence-electron chi connectivity index (χ3n) is 2.35. The highest BCUT2D eigenvalue weighted by Crippen LogP contribution is 2.37. The largest absolute Gasteiger partial charge is 0.371 e. The van der Waals surface area contributed by atoms with Crippen molar-refractivity contribution in [2.75, 3.05) is 13.6 Å². The van der Waals surface area contributed by atoms with Crippen LogP contribution in [0.4, 0.5) is 8.78 Å². The lowest BCUT2D eigenvalue weighted by Crippen LogP contribution is -2.68. The predicted molar refractivity (Wildman–Crippen MR) is 51.7 cm³/mol. The number of ether oxygens (including phenoxy) is 1. The van der Waals surface area contributed by atoms with E-state index in [-0.39, 0.29) is 12.1 Å². The van der Waals surface area contributed by atoms with E-state index in [1.807, 2.05) is 20.8 Å². The number of alkyl halides is 2. The van der Waals surface area contributed by atoms with Crippen LogP contribution in [-0.4, -0.2) is 42.2 Å². The Bertz CT molecular complexity index is 213. The normalized spacial score (nSPS) is 29.8. The highest BCUT2D eigenvalue weighted by atomic mass is 19.3. The Morgan fingerprint density at radius 1 is 1.43 bits per heavy atom. The summed E-state index contributed by atoms with van der Waals surface area (Å²) in [6, 6.07) is -0.776. The van der Waals surface area contributed by atoms with Gasteiger partial charge in [0.25, 0.3) is 5.92 Å². The summed E-state index contributed by atoms with van der Waals surface area (Å²) in [7, 11) is 1.70. The number of hydrogen-bond donors (Lipinski definition) is 0. The molecular weight excluding hydrogens is 188 g/mol. The highest BCUT2D eigenvalue weighted by Gasteiger charge is 2.56. The molecule has 0 bridgehead atoms. The van der Waals surface area contributed by atoms with Gasteiger partial charge in [0.1, 0.15) is 6.04 Å². The van der Waals surface area contributed by atoms with Crippen LogP contribution < -0.4 is 0 Å². The minimum absolute atomic E-state index is 0.157. The van der Waals surface area contributed by atoms with Crippen molar-refractivity contribution >= 4 is 0 Å². The van der Waals surface area contributed by atoms with Gasteiger partial charge in [-0.3, -0.25) is 4.90 Å². The van der Waals surface area contributed by atoms with Gasteiger partial charge in [-0.2, -0.15) is 0 Å². The molecule has 0 aliphatic carbocycles. The van der Waals surface area contributed by atoms with Crippen LogP contribution in [0.25, 0.3) is 0 Å². The molecule has 0 radical (unpaired) electrons. The van der Waals surface area contributed by atoms with Crippen molar-refractivity contribution in [3.05, 3.63) is 0 Å². The molecule has 0 saturated carbocycles. The van der Waals surface area contributed by atoms with Gasteiger partial charge in [0.05, 0.1) is 18.2 Å². The molecule has 1 aliphatic heterocycles. The van der Waals surface area contributed by atoms with Crippen molar-refractivity contribution in [1.29, 1.82) is 0 Å². The quantitative estimate of drug-likeness (QED) is 0.688. The van der Waals surface area contributed by atoms with Gasteiger partial charge in [-0.1, -0.05) is 0 Å². The Morgan fingerprint density at radius 2 is 1.93 bits per heavy atom. The number of likely N-dealkylation sites (tertiary alicyclic amines) is 1. The van der Waals surface area contributed by atoms with Crippen molar-refractivity contribution in [1.82, 2.24) is 4.90 Å². The standard InChI is InChI=1S/C10H19F2NO/c1-7(14-9(2,3)4)8-10(11,12)6-13(8)5/h7-8H,6H2,1-5H3/t7-,8+/m0/s1. The molecule has 1 saturated heterocycles. The number of nitrogens with zero attached hydrogens (tertiary/aromatic N) is 1. The van der Waals surface area contributed by atoms with Crippen molar-refractivity contribution in [2.24, 2.45) is 0 Å². The monoisotopic (exact) mass is 207 g/mol. The topological polar surface area (TPSA) is 12.5 Å². The summed E-state index contributed by atoms with van der Waals surface area (Å²) in [5.74, 6) is -2.60. The second-order valence-electron chi connectivity index (χ2n) is 5.06. The summed E-state index contributed by atoms with van der Waals surface area (Å²) < 4.78 is 31.8. The van der Waals surface area contributed by atoms with Crippen LogP contribution in [0.3, 0.4) is 0 Å². The van der Waals surface area contributed by atoms with Crippen LogP contribution in [0, 0.1) is 0 Å². The van der Waals surface area contributed by atoms with E-state index in [1.165, 1.54) is 0 Å². The van der Waals surface area contributed by atoms with Crippen molar-refractivity contribution < 1.29 is 13.5 Å². The van der Waals surface area contributed by atoms with Crippen molar-refractivity contribution in [3.63, 3.8) is 0 Å². The van der Waals surface area contributed by atoms with Crippen LogP contribution in [0.1, 0.15) is 27.7 Å². The van der Waals surface area contributed by atoms with Gasteiger partial charge in [-0.25, -0.2) is 8.78 Å². The molecule has 0 N–H and O–H groups in total. The Labute approximate surface area is 84.2 Å². The molecule has 0 amide bonds. The molecule has 1 rings (SSSR count). The molecule has 0 spiro atoms. The zero-order chi connectivity index (χ0) is 11.1. The van der Waals surface area contributed by atoms with Crippen LogP contribution >= 0.6 is 0 Å². The molecule has 2 nitrogen and oxygen atoms in total. The first-order valence-corrected chi connectivity index (χ1v) is 4.89. The Morgan fingerprint density at radius 3 is 2.21 bits per heavy atom.